The molecule has 160 valence electrons. The number of thioether (sulfide) groups is 1. The highest BCUT2D eigenvalue weighted by Gasteiger charge is 2.31. The first-order valence-electron chi connectivity index (χ1n) is 10.9. The Hall–Kier alpha value is -2.80. The summed E-state index contributed by atoms with van der Waals surface area (Å²) >= 11 is 1.42. The van der Waals surface area contributed by atoms with Gasteiger partial charge in [-0.25, -0.2) is 4.98 Å². The van der Waals surface area contributed by atoms with Gasteiger partial charge in [0, 0.05) is 24.8 Å². The van der Waals surface area contributed by atoms with Crippen LogP contribution in [0.5, 0.6) is 0 Å². The van der Waals surface area contributed by atoms with E-state index >= 15 is 0 Å². The van der Waals surface area contributed by atoms with Crippen molar-refractivity contribution in [2.75, 3.05) is 23.7 Å². The molecule has 1 saturated heterocycles. The largest absolute Gasteiger partial charge is 0.341 e. The molecule has 0 saturated carbocycles. The number of carbonyl (C=O) groups excluding carboxylic acids is 2. The van der Waals surface area contributed by atoms with Gasteiger partial charge in [0.05, 0.1) is 16.8 Å². The van der Waals surface area contributed by atoms with Gasteiger partial charge in [0.2, 0.25) is 11.8 Å². The van der Waals surface area contributed by atoms with Crippen molar-refractivity contribution in [2.24, 2.45) is 0 Å². The number of rotatable bonds is 5. The number of hydrogen-bond acceptors (Lipinski definition) is 4. The molecule has 6 nitrogen and oxygen atoms in total. The summed E-state index contributed by atoms with van der Waals surface area (Å²) in [5.41, 5.74) is 4.02. The summed E-state index contributed by atoms with van der Waals surface area (Å²) in [5, 5.41) is 0.724. The molecule has 0 aliphatic carbocycles. The van der Waals surface area contributed by atoms with Crippen molar-refractivity contribution < 1.29 is 9.59 Å². The van der Waals surface area contributed by atoms with Gasteiger partial charge >= 0.3 is 0 Å². The van der Waals surface area contributed by atoms with Crippen molar-refractivity contribution in [3.63, 3.8) is 0 Å². The average molecular weight is 435 g/mol. The summed E-state index contributed by atoms with van der Waals surface area (Å²) in [6.45, 7) is 4.02. The van der Waals surface area contributed by atoms with Crippen LogP contribution in [0.15, 0.2) is 53.7 Å². The maximum atomic E-state index is 13.1. The molecule has 3 aromatic rings. The summed E-state index contributed by atoms with van der Waals surface area (Å²) in [7, 11) is 0. The number of para-hydroxylation sites is 3. The number of amides is 2. The standard InChI is InChI=1S/C24H26N4O2S/c1-17-14-18-8-2-4-10-20(18)28(17)23(30)16-31-24-25-19-9-3-5-11-21(19)27(24)15-22(29)26-12-6-7-13-26/h2-5,8-11,17H,6-7,12-16H2,1H3. The quantitative estimate of drug-likeness (QED) is 0.574. The molecule has 1 aromatic heterocycles. The Morgan fingerprint density at radius 3 is 2.61 bits per heavy atom. The van der Waals surface area contributed by atoms with Crippen LogP contribution in [0.25, 0.3) is 11.0 Å². The summed E-state index contributed by atoms with van der Waals surface area (Å²) in [4.78, 5) is 34.5. The van der Waals surface area contributed by atoms with Crippen LogP contribution in [0.4, 0.5) is 5.69 Å². The Balaban J connectivity index is 1.36. The molecular weight excluding hydrogens is 408 g/mol. The first kappa shape index (κ1) is 20.1. The van der Waals surface area contributed by atoms with Gasteiger partial charge < -0.3 is 14.4 Å². The normalized spacial score (nSPS) is 18.0. The molecule has 3 heterocycles. The van der Waals surface area contributed by atoms with Gasteiger partial charge in [-0.1, -0.05) is 42.1 Å². The van der Waals surface area contributed by atoms with Crippen molar-refractivity contribution in [2.45, 2.75) is 43.9 Å². The van der Waals surface area contributed by atoms with E-state index in [9.17, 15) is 9.59 Å². The minimum absolute atomic E-state index is 0.0759. The Labute approximate surface area is 186 Å². The average Bonchev–Trinajstić information content (AvgIpc) is 3.49. The Kier molecular flexibility index (Phi) is 5.44. The van der Waals surface area contributed by atoms with Crippen molar-refractivity contribution in [1.29, 1.82) is 0 Å². The lowest BCUT2D eigenvalue weighted by atomic mass is 10.1. The van der Waals surface area contributed by atoms with Gasteiger partial charge in [0.15, 0.2) is 5.16 Å². The molecule has 0 N–H and O–H groups in total. The second kappa shape index (κ2) is 8.38. The summed E-state index contributed by atoms with van der Waals surface area (Å²) < 4.78 is 1.97. The van der Waals surface area contributed by atoms with Gasteiger partial charge in [-0.05, 0) is 49.9 Å². The highest BCUT2D eigenvalue weighted by molar-refractivity contribution is 7.99. The smallest absolute Gasteiger partial charge is 0.242 e. The van der Waals surface area contributed by atoms with E-state index in [4.69, 9.17) is 4.98 Å². The lowest BCUT2D eigenvalue weighted by molar-refractivity contribution is -0.130. The van der Waals surface area contributed by atoms with E-state index in [1.807, 2.05) is 56.8 Å². The molecule has 0 spiro atoms. The summed E-state index contributed by atoms with van der Waals surface area (Å²) in [6, 6.07) is 16.1. The lowest BCUT2D eigenvalue weighted by Gasteiger charge is -2.22. The fourth-order valence-electron chi connectivity index (χ4n) is 4.66. The highest BCUT2D eigenvalue weighted by atomic mass is 32.2. The number of anilines is 1. The van der Waals surface area contributed by atoms with Gasteiger partial charge in [-0.15, -0.1) is 0 Å². The van der Waals surface area contributed by atoms with E-state index in [0.29, 0.717) is 5.75 Å². The molecule has 2 amide bonds. The van der Waals surface area contributed by atoms with Gasteiger partial charge in [0.1, 0.15) is 6.54 Å². The number of imidazole rings is 1. The van der Waals surface area contributed by atoms with Crippen molar-refractivity contribution in [3.05, 3.63) is 54.1 Å². The van der Waals surface area contributed by atoms with Gasteiger partial charge in [0.25, 0.3) is 0 Å². The van der Waals surface area contributed by atoms with Gasteiger partial charge in [-0.3, -0.25) is 9.59 Å². The van der Waals surface area contributed by atoms with E-state index in [1.54, 1.807) is 0 Å². The first-order valence-corrected chi connectivity index (χ1v) is 11.9. The number of nitrogens with zero attached hydrogens (tertiary/aromatic N) is 4. The number of benzene rings is 2. The zero-order valence-corrected chi connectivity index (χ0v) is 18.5. The van der Waals surface area contributed by atoms with E-state index in [2.05, 4.69) is 13.0 Å². The molecule has 1 unspecified atom stereocenters. The maximum absolute atomic E-state index is 13.1. The molecule has 2 aromatic carbocycles. The zero-order chi connectivity index (χ0) is 21.4. The molecule has 0 radical (unpaired) electrons. The van der Waals surface area contributed by atoms with E-state index < -0.39 is 0 Å². The third-order valence-electron chi connectivity index (χ3n) is 6.17. The number of aromatic nitrogens is 2. The van der Waals surface area contributed by atoms with Crippen LogP contribution >= 0.6 is 11.8 Å². The topological polar surface area (TPSA) is 58.4 Å². The van der Waals surface area contributed by atoms with Crippen molar-refractivity contribution in [3.8, 4) is 0 Å². The van der Waals surface area contributed by atoms with Crippen LogP contribution in [-0.4, -0.2) is 51.1 Å². The Morgan fingerprint density at radius 1 is 1.03 bits per heavy atom. The predicted octanol–water partition coefficient (Wildman–Crippen LogP) is 3.73. The van der Waals surface area contributed by atoms with Crippen molar-refractivity contribution in [1.82, 2.24) is 14.5 Å². The van der Waals surface area contributed by atoms with Crippen LogP contribution in [-0.2, 0) is 22.6 Å². The minimum atomic E-state index is 0.0759. The molecule has 1 atom stereocenters. The number of likely N-dealkylation sites (tertiary alicyclic amines) is 1. The van der Waals surface area contributed by atoms with Crippen LogP contribution < -0.4 is 4.90 Å². The zero-order valence-electron chi connectivity index (χ0n) is 17.7. The first-order chi connectivity index (χ1) is 15.1. The van der Waals surface area contributed by atoms with Gasteiger partial charge in [-0.2, -0.15) is 0 Å². The monoisotopic (exact) mass is 434 g/mol. The van der Waals surface area contributed by atoms with Crippen LogP contribution in [0.2, 0.25) is 0 Å². The molecule has 2 aliphatic rings. The second-order valence-corrected chi connectivity index (χ2v) is 9.23. The molecular formula is C24H26N4O2S. The molecule has 31 heavy (non-hydrogen) atoms. The Morgan fingerprint density at radius 2 is 1.77 bits per heavy atom. The summed E-state index contributed by atoms with van der Waals surface area (Å²) in [6.07, 6.45) is 3.03. The maximum Gasteiger partial charge on any atom is 0.242 e. The highest BCUT2D eigenvalue weighted by Crippen LogP contribution is 2.33. The molecule has 2 aliphatic heterocycles. The van der Waals surface area contributed by atoms with Crippen LogP contribution in [0, 0.1) is 0 Å². The molecule has 0 bridgehead atoms. The van der Waals surface area contributed by atoms with Crippen molar-refractivity contribution >= 4 is 40.3 Å². The summed E-state index contributed by atoms with van der Waals surface area (Å²) in [5.74, 6) is 0.489. The van der Waals surface area contributed by atoms with Crippen LogP contribution in [0.1, 0.15) is 25.3 Å². The van der Waals surface area contributed by atoms with Crippen LogP contribution in [0.3, 0.4) is 0 Å². The third kappa shape index (κ3) is 3.82. The van der Waals surface area contributed by atoms with E-state index in [0.717, 1.165) is 54.2 Å². The minimum Gasteiger partial charge on any atom is -0.341 e. The molecule has 5 rings (SSSR count). The predicted molar refractivity (Wildman–Crippen MR) is 123 cm³/mol. The van der Waals surface area contributed by atoms with E-state index in [1.165, 1.54) is 17.3 Å². The molecule has 1 fully saturated rings. The number of hydrogen-bond donors (Lipinski definition) is 0. The third-order valence-corrected chi connectivity index (χ3v) is 7.13. The fraction of sp³-hybridized carbons (Fsp3) is 0.375. The number of carbonyl (C=O) groups is 2. The fourth-order valence-corrected chi connectivity index (χ4v) is 5.53. The molecule has 7 heteroatoms. The lowest BCUT2D eigenvalue weighted by Crippen LogP contribution is -2.37. The second-order valence-electron chi connectivity index (χ2n) is 8.29. The Bertz CT molecular complexity index is 1140. The number of fused-ring (bicyclic) bond motifs is 2. The SMILES string of the molecule is CC1Cc2ccccc2N1C(=O)CSc1nc2ccccc2n1CC(=O)N1CCCC1. The van der Waals surface area contributed by atoms with E-state index in [-0.39, 0.29) is 24.4 Å².